The molecule has 1 aromatic heterocycles. The first kappa shape index (κ1) is 17.9. The lowest BCUT2D eigenvalue weighted by atomic mass is 9.96. The number of nitrogens with one attached hydrogen (secondary N) is 1. The van der Waals surface area contributed by atoms with Gasteiger partial charge in [-0.25, -0.2) is 0 Å². The van der Waals surface area contributed by atoms with Crippen molar-refractivity contribution in [2.75, 3.05) is 19.6 Å². The monoisotopic (exact) mass is 308 g/mol. The summed E-state index contributed by atoms with van der Waals surface area (Å²) in [6, 6.07) is 2.39. The molecule has 118 valence electrons. The smallest absolute Gasteiger partial charge is 0.243 e. The first-order valence-corrected chi connectivity index (χ1v) is 8.55. The second-order valence-corrected chi connectivity index (χ2v) is 7.02. The van der Waals surface area contributed by atoms with E-state index < -0.39 is 0 Å². The fourth-order valence-corrected chi connectivity index (χ4v) is 2.88. The van der Waals surface area contributed by atoms with Gasteiger partial charge in [0.25, 0.3) is 0 Å². The molecule has 3 nitrogen and oxygen atoms in total. The van der Waals surface area contributed by atoms with Crippen LogP contribution in [0.1, 0.15) is 46.2 Å². The van der Waals surface area contributed by atoms with Crippen molar-refractivity contribution in [3.8, 4) is 0 Å². The summed E-state index contributed by atoms with van der Waals surface area (Å²) in [5, 5.41) is 7.29. The predicted octanol–water partition coefficient (Wildman–Crippen LogP) is 3.85. The lowest BCUT2D eigenvalue weighted by Crippen LogP contribution is -2.37. The van der Waals surface area contributed by atoms with Gasteiger partial charge in [-0.3, -0.25) is 9.69 Å². The summed E-state index contributed by atoms with van der Waals surface area (Å²) in [5.74, 6) is -0.0164. The summed E-state index contributed by atoms with van der Waals surface area (Å²) < 4.78 is 0. The van der Waals surface area contributed by atoms with Gasteiger partial charge in [0, 0.05) is 6.54 Å². The van der Waals surface area contributed by atoms with Crippen molar-refractivity contribution in [2.45, 2.75) is 40.7 Å². The van der Waals surface area contributed by atoms with Crippen LogP contribution in [-0.2, 0) is 4.79 Å². The van der Waals surface area contributed by atoms with Gasteiger partial charge in [-0.2, -0.15) is 11.3 Å². The summed E-state index contributed by atoms with van der Waals surface area (Å²) in [4.78, 5) is 14.3. The molecule has 4 heteroatoms. The third kappa shape index (κ3) is 6.44. The maximum Gasteiger partial charge on any atom is 0.243 e. The number of rotatable bonds is 7. The Labute approximate surface area is 133 Å². The van der Waals surface area contributed by atoms with E-state index >= 15 is 0 Å². The summed E-state index contributed by atoms with van der Waals surface area (Å²) in [7, 11) is 0. The Morgan fingerprint density at radius 1 is 1.38 bits per heavy atom. The number of amides is 1. The maximum atomic E-state index is 11.9. The molecule has 1 heterocycles. The van der Waals surface area contributed by atoms with Gasteiger partial charge >= 0.3 is 0 Å². The predicted molar refractivity (Wildman–Crippen MR) is 91.6 cm³/mol. The second-order valence-electron chi connectivity index (χ2n) is 6.24. The number of nitrogens with zero attached hydrogens (tertiary/aromatic N) is 1. The van der Waals surface area contributed by atoms with Crippen LogP contribution in [0.5, 0.6) is 0 Å². The number of likely N-dealkylation sites (N-methyl/N-ethyl adjacent to an activating group) is 1. The summed E-state index contributed by atoms with van der Waals surface area (Å²) in [6.07, 6.45) is 3.59. The molecule has 0 aromatic carbocycles. The van der Waals surface area contributed by atoms with E-state index in [4.69, 9.17) is 0 Å². The van der Waals surface area contributed by atoms with Crippen molar-refractivity contribution in [1.82, 2.24) is 10.2 Å². The lowest BCUT2D eigenvalue weighted by Gasteiger charge is -2.29. The third-order valence-electron chi connectivity index (χ3n) is 3.39. The Morgan fingerprint density at radius 3 is 2.52 bits per heavy atom. The van der Waals surface area contributed by atoms with Crippen LogP contribution in [0.25, 0.3) is 0 Å². The van der Waals surface area contributed by atoms with E-state index in [1.54, 1.807) is 17.4 Å². The van der Waals surface area contributed by atoms with E-state index in [2.05, 4.69) is 61.7 Å². The molecule has 0 radical (unpaired) electrons. The van der Waals surface area contributed by atoms with E-state index in [0.717, 1.165) is 13.1 Å². The zero-order valence-corrected chi connectivity index (χ0v) is 14.7. The number of hydrogen-bond donors (Lipinski definition) is 1. The van der Waals surface area contributed by atoms with Crippen molar-refractivity contribution in [2.24, 2.45) is 5.41 Å². The number of allylic oxidation sites excluding steroid dienone is 1. The normalized spacial score (nSPS) is 13.8. The molecule has 1 aromatic rings. The Balaban J connectivity index is 2.66. The Bertz CT molecular complexity index is 442. The number of carbonyl (C=O) groups is 1. The van der Waals surface area contributed by atoms with Gasteiger partial charge in [0.1, 0.15) is 0 Å². The first-order chi connectivity index (χ1) is 9.87. The number of carbonyl (C=O) groups excluding carboxylic acids is 1. The van der Waals surface area contributed by atoms with Crippen LogP contribution in [0.3, 0.4) is 0 Å². The van der Waals surface area contributed by atoms with Crippen LogP contribution in [0.2, 0.25) is 0 Å². The van der Waals surface area contributed by atoms with Gasteiger partial charge in [-0.05, 0) is 47.0 Å². The molecular weight excluding hydrogens is 280 g/mol. The van der Waals surface area contributed by atoms with Crippen molar-refractivity contribution < 1.29 is 4.79 Å². The van der Waals surface area contributed by atoms with Gasteiger partial charge in [-0.15, -0.1) is 0 Å². The molecule has 0 bridgehead atoms. The molecule has 0 fully saturated rings. The molecule has 1 rings (SSSR count). The van der Waals surface area contributed by atoms with Crippen molar-refractivity contribution in [1.29, 1.82) is 0 Å². The van der Waals surface area contributed by atoms with Crippen molar-refractivity contribution in [3.05, 3.63) is 34.5 Å². The Kier molecular flexibility index (Phi) is 7.12. The highest BCUT2D eigenvalue weighted by Crippen LogP contribution is 2.22. The molecule has 1 amide bonds. The average molecular weight is 308 g/mol. The van der Waals surface area contributed by atoms with E-state index in [9.17, 15) is 4.79 Å². The van der Waals surface area contributed by atoms with Crippen LogP contribution in [0.15, 0.2) is 29.0 Å². The standard InChI is InChI=1S/C17H28N2OS/c1-6-19(7-2)15(14-9-11-21-13-14)12-18-16(20)8-10-17(3,4)5/h8-11,13,15H,6-7,12H2,1-5H3,(H,18,20). The lowest BCUT2D eigenvalue weighted by molar-refractivity contribution is -0.116. The highest BCUT2D eigenvalue weighted by atomic mass is 32.1. The van der Waals surface area contributed by atoms with Crippen LogP contribution in [0.4, 0.5) is 0 Å². The molecule has 1 atom stereocenters. The fourth-order valence-electron chi connectivity index (χ4n) is 2.17. The van der Waals surface area contributed by atoms with Crippen molar-refractivity contribution in [3.63, 3.8) is 0 Å². The second kappa shape index (κ2) is 8.35. The minimum atomic E-state index is -0.0164. The van der Waals surface area contributed by atoms with E-state index in [1.807, 2.05) is 6.08 Å². The van der Waals surface area contributed by atoms with Gasteiger partial charge in [0.2, 0.25) is 5.91 Å². The Hall–Kier alpha value is -1.13. The van der Waals surface area contributed by atoms with E-state index in [1.165, 1.54) is 5.56 Å². The van der Waals surface area contributed by atoms with Crippen molar-refractivity contribution >= 4 is 17.2 Å². The van der Waals surface area contributed by atoms with E-state index in [-0.39, 0.29) is 17.4 Å². The molecule has 21 heavy (non-hydrogen) atoms. The zero-order chi connectivity index (χ0) is 15.9. The molecule has 0 aliphatic rings. The molecule has 1 N–H and O–H groups in total. The summed E-state index contributed by atoms with van der Waals surface area (Å²) in [6.45, 7) is 13.2. The number of thiophene rings is 1. The van der Waals surface area contributed by atoms with E-state index in [0.29, 0.717) is 6.54 Å². The molecular formula is C17H28N2OS. The Morgan fingerprint density at radius 2 is 2.05 bits per heavy atom. The minimum Gasteiger partial charge on any atom is -0.351 e. The molecule has 0 aliphatic heterocycles. The highest BCUT2D eigenvalue weighted by Gasteiger charge is 2.18. The van der Waals surface area contributed by atoms with Crippen LogP contribution < -0.4 is 5.32 Å². The molecule has 1 unspecified atom stereocenters. The topological polar surface area (TPSA) is 32.3 Å². The molecule has 0 saturated carbocycles. The summed E-state index contributed by atoms with van der Waals surface area (Å²) >= 11 is 1.70. The van der Waals surface area contributed by atoms with Gasteiger partial charge < -0.3 is 5.32 Å². The fraction of sp³-hybridized carbons (Fsp3) is 0.588. The van der Waals surface area contributed by atoms with Gasteiger partial charge in [0.05, 0.1) is 6.04 Å². The first-order valence-electron chi connectivity index (χ1n) is 7.60. The average Bonchev–Trinajstić information content (AvgIpc) is 2.94. The third-order valence-corrected chi connectivity index (χ3v) is 4.09. The molecule has 0 spiro atoms. The maximum absolute atomic E-state index is 11.9. The summed E-state index contributed by atoms with van der Waals surface area (Å²) in [5.41, 5.74) is 1.31. The zero-order valence-electron chi connectivity index (χ0n) is 13.8. The molecule has 0 aliphatic carbocycles. The minimum absolute atomic E-state index is 0.0164. The SMILES string of the molecule is CCN(CC)C(CNC(=O)C=CC(C)(C)C)c1ccsc1. The highest BCUT2D eigenvalue weighted by molar-refractivity contribution is 7.07. The van der Waals surface area contributed by atoms with Crippen LogP contribution in [0, 0.1) is 5.41 Å². The molecule has 0 saturated heterocycles. The van der Waals surface area contributed by atoms with Gasteiger partial charge in [-0.1, -0.05) is 40.7 Å². The largest absolute Gasteiger partial charge is 0.351 e. The van der Waals surface area contributed by atoms with Crippen LogP contribution in [-0.4, -0.2) is 30.4 Å². The number of hydrogen-bond acceptors (Lipinski definition) is 3. The van der Waals surface area contributed by atoms with Gasteiger partial charge in [0.15, 0.2) is 0 Å². The van der Waals surface area contributed by atoms with Crippen LogP contribution >= 0.6 is 11.3 Å². The quantitative estimate of drug-likeness (QED) is 0.776.